The highest BCUT2D eigenvalue weighted by atomic mass is 16.6. The summed E-state index contributed by atoms with van der Waals surface area (Å²) in [6, 6.07) is 9.53. The van der Waals surface area contributed by atoms with Crippen LogP contribution >= 0.6 is 0 Å². The van der Waals surface area contributed by atoms with Gasteiger partial charge in [0.1, 0.15) is 18.5 Å². The number of piperazine rings is 1. The van der Waals surface area contributed by atoms with Crippen molar-refractivity contribution in [2.45, 2.75) is 6.10 Å². The molecule has 1 aromatic carbocycles. The summed E-state index contributed by atoms with van der Waals surface area (Å²) in [7, 11) is 0. The SMILES string of the molecule is Nc1ccnc(N2CCN(CC3COc4ccccc4O3)CC2)n1. The Morgan fingerprint density at radius 3 is 2.67 bits per heavy atom. The van der Waals surface area contributed by atoms with E-state index in [0.717, 1.165) is 44.2 Å². The molecule has 2 N–H and O–H groups in total. The lowest BCUT2D eigenvalue weighted by atomic mass is 10.2. The van der Waals surface area contributed by atoms with Gasteiger partial charge in [0.05, 0.1) is 0 Å². The van der Waals surface area contributed by atoms with Gasteiger partial charge in [-0.15, -0.1) is 0 Å². The maximum absolute atomic E-state index is 6.04. The Labute approximate surface area is 141 Å². The molecule has 0 spiro atoms. The first-order chi connectivity index (χ1) is 11.8. The Morgan fingerprint density at radius 1 is 1.08 bits per heavy atom. The van der Waals surface area contributed by atoms with Crippen molar-refractivity contribution in [1.29, 1.82) is 0 Å². The number of ether oxygens (including phenoxy) is 2. The summed E-state index contributed by atoms with van der Waals surface area (Å²) in [5, 5.41) is 0. The maximum Gasteiger partial charge on any atom is 0.227 e. The Kier molecular flexibility index (Phi) is 4.08. The van der Waals surface area contributed by atoms with Gasteiger partial charge < -0.3 is 20.1 Å². The van der Waals surface area contributed by atoms with Gasteiger partial charge in [0.15, 0.2) is 11.5 Å². The fourth-order valence-corrected chi connectivity index (χ4v) is 3.09. The molecule has 2 aliphatic rings. The Morgan fingerprint density at radius 2 is 1.88 bits per heavy atom. The monoisotopic (exact) mass is 327 g/mol. The van der Waals surface area contributed by atoms with E-state index in [9.17, 15) is 0 Å². The predicted octanol–water partition coefficient (Wildman–Crippen LogP) is 1.02. The molecule has 0 bridgehead atoms. The van der Waals surface area contributed by atoms with E-state index in [1.54, 1.807) is 12.3 Å². The number of nitrogens with zero attached hydrogens (tertiary/aromatic N) is 4. The zero-order valence-corrected chi connectivity index (χ0v) is 13.5. The first-order valence-electron chi connectivity index (χ1n) is 8.22. The van der Waals surface area contributed by atoms with E-state index in [1.165, 1.54) is 0 Å². The van der Waals surface area contributed by atoms with Crippen molar-refractivity contribution in [3.8, 4) is 11.5 Å². The number of aromatic nitrogens is 2. The molecule has 1 unspecified atom stereocenters. The predicted molar refractivity (Wildman–Crippen MR) is 91.5 cm³/mol. The second-order valence-corrected chi connectivity index (χ2v) is 6.07. The van der Waals surface area contributed by atoms with Crippen LogP contribution in [0.5, 0.6) is 11.5 Å². The fourth-order valence-electron chi connectivity index (χ4n) is 3.09. The number of fused-ring (bicyclic) bond motifs is 1. The average Bonchev–Trinajstić information content (AvgIpc) is 2.62. The lowest BCUT2D eigenvalue weighted by Gasteiger charge is -2.37. The lowest BCUT2D eigenvalue weighted by molar-refractivity contribution is 0.0570. The first kappa shape index (κ1) is 15.0. The number of para-hydroxylation sites is 2. The van der Waals surface area contributed by atoms with Gasteiger partial charge in [-0.1, -0.05) is 12.1 Å². The first-order valence-corrected chi connectivity index (χ1v) is 8.22. The second-order valence-electron chi connectivity index (χ2n) is 6.07. The molecule has 2 aliphatic heterocycles. The molecule has 1 saturated heterocycles. The van der Waals surface area contributed by atoms with E-state index >= 15 is 0 Å². The molecule has 0 radical (unpaired) electrons. The average molecular weight is 327 g/mol. The van der Waals surface area contributed by atoms with Gasteiger partial charge >= 0.3 is 0 Å². The summed E-state index contributed by atoms with van der Waals surface area (Å²) in [6.07, 6.45) is 1.77. The minimum absolute atomic E-state index is 0.0649. The van der Waals surface area contributed by atoms with E-state index in [4.69, 9.17) is 15.2 Å². The zero-order chi connectivity index (χ0) is 16.4. The van der Waals surface area contributed by atoms with Crippen molar-refractivity contribution in [2.24, 2.45) is 0 Å². The zero-order valence-electron chi connectivity index (χ0n) is 13.5. The summed E-state index contributed by atoms with van der Waals surface area (Å²) < 4.78 is 11.8. The van der Waals surface area contributed by atoms with Crippen LogP contribution in [0.25, 0.3) is 0 Å². The van der Waals surface area contributed by atoms with E-state index in [-0.39, 0.29) is 6.10 Å². The van der Waals surface area contributed by atoms with Gasteiger partial charge in [0.2, 0.25) is 5.95 Å². The highest BCUT2D eigenvalue weighted by Gasteiger charge is 2.26. The quantitative estimate of drug-likeness (QED) is 0.902. The molecular weight excluding hydrogens is 306 g/mol. The van der Waals surface area contributed by atoms with Crippen molar-refractivity contribution >= 4 is 11.8 Å². The topological polar surface area (TPSA) is 76.7 Å². The molecule has 126 valence electrons. The minimum atomic E-state index is 0.0649. The standard InChI is InChI=1S/C17H21N5O2/c18-16-5-6-19-17(20-16)22-9-7-21(8-10-22)11-13-12-23-14-3-1-2-4-15(14)24-13/h1-6,13H,7-12H2,(H2,18,19,20). The normalized spacial score (nSPS) is 20.8. The summed E-state index contributed by atoms with van der Waals surface area (Å²) in [4.78, 5) is 13.2. The molecule has 0 aliphatic carbocycles. The number of benzene rings is 1. The van der Waals surface area contributed by atoms with Gasteiger partial charge in [-0.2, -0.15) is 4.98 Å². The van der Waals surface area contributed by atoms with E-state index in [0.29, 0.717) is 18.4 Å². The van der Waals surface area contributed by atoms with Crippen molar-refractivity contribution in [3.05, 3.63) is 36.5 Å². The number of nitrogens with two attached hydrogens (primary N) is 1. The van der Waals surface area contributed by atoms with Gasteiger partial charge in [0, 0.05) is 38.9 Å². The van der Waals surface area contributed by atoms with Gasteiger partial charge in [-0.05, 0) is 18.2 Å². The lowest BCUT2D eigenvalue weighted by Crippen LogP contribution is -2.51. The molecule has 7 nitrogen and oxygen atoms in total. The molecule has 0 saturated carbocycles. The van der Waals surface area contributed by atoms with Crippen molar-refractivity contribution < 1.29 is 9.47 Å². The van der Waals surface area contributed by atoms with Crippen LogP contribution in [0.3, 0.4) is 0 Å². The van der Waals surface area contributed by atoms with Crippen molar-refractivity contribution in [2.75, 3.05) is 50.0 Å². The highest BCUT2D eigenvalue weighted by molar-refractivity contribution is 5.41. The molecule has 1 fully saturated rings. The van der Waals surface area contributed by atoms with Crippen LogP contribution in [0.1, 0.15) is 0 Å². The molecular formula is C17H21N5O2. The molecule has 24 heavy (non-hydrogen) atoms. The summed E-state index contributed by atoms with van der Waals surface area (Å²) >= 11 is 0. The van der Waals surface area contributed by atoms with Gasteiger partial charge in [-0.3, -0.25) is 4.90 Å². The fraction of sp³-hybridized carbons (Fsp3) is 0.412. The van der Waals surface area contributed by atoms with Crippen LogP contribution in [0.2, 0.25) is 0 Å². The third kappa shape index (κ3) is 3.21. The minimum Gasteiger partial charge on any atom is -0.486 e. The maximum atomic E-state index is 6.04. The van der Waals surface area contributed by atoms with Crippen LogP contribution < -0.4 is 20.1 Å². The third-order valence-corrected chi connectivity index (χ3v) is 4.35. The Hall–Kier alpha value is -2.54. The second kappa shape index (κ2) is 6.52. The number of hydrogen-bond donors (Lipinski definition) is 1. The van der Waals surface area contributed by atoms with Gasteiger partial charge in [0.25, 0.3) is 0 Å². The number of rotatable bonds is 3. The highest BCUT2D eigenvalue weighted by Crippen LogP contribution is 2.31. The number of anilines is 2. The molecule has 0 amide bonds. The molecule has 1 atom stereocenters. The van der Waals surface area contributed by atoms with Crippen LogP contribution in [0.15, 0.2) is 36.5 Å². The summed E-state index contributed by atoms with van der Waals surface area (Å²) in [5.74, 6) is 2.88. The van der Waals surface area contributed by atoms with E-state index < -0.39 is 0 Å². The summed E-state index contributed by atoms with van der Waals surface area (Å²) in [5.41, 5.74) is 5.74. The number of hydrogen-bond acceptors (Lipinski definition) is 7. The van der Waals surface area contributed by atoms with Crippen LogP contribution in [0.4, 0.5) is 11.8 Å². The Bertz CT molecular complexity index is 703. The largest absolute Gasteiger partial charge is 0.486 e. The Balaban J connectivity index is 1.31. The van der Waals surface area contributed by atoms with E-state index in [2.05, 4.69) is 19.8 Å². The summed E-state index contributed by atoms with van der Waals surface area (Å²) in [6.45, 7) is 5.11. The number of nitrogen functional groups attached to an aromatic ring is 1. The van der Waals surface area contributed by atoms with Crippen LogP contribution in [-0.2, 0) is 0 Å². The van der Waals surface area contributed by atoms with E-state index in [1.807, 2.05) is 24.3 Å². The molecule has 4 rings (SSSR count). The molecule has 2 aromatic rings. The molecule has 3 heterocycles. The van der Waals surface area contributed by atoms with Crippen LogP contribution in [0, 0.1) is 0 Å². The third-order valence-electron chi connectivity index (χ3n) is 4.35. The van der Waals surface area contributed by atoms with Crippen molar-refractivity contribution in [3.63, 3.8) is 0 Å². The molecule has 1 aromatic heterocycles. The smallest absolute Gasteiger partial charge is 0.227 e. The van der Waals surface area contributed by atoms with Crippen LogP contribution in [-0.4, -0.2) is 60.3 Å². The van der Waals surface area contributed by atoms with Gasteiger partial charge in [-0.25, -0.2) is 4.98 Å². The van der Waals surface area contributed by atoms with Crippen molar-refractivity contribution in [1.82, 2.24) is 14.9 Å². The molecule has 7 heteroatoms.